The molecule has 1 fully saturated rings. The smallest absolute Gasteiger partial charge is 0.270 e. The Bertz CT molecular complexity index is 633. The SMILES string of the molecule is O=C(CCC1CCCCC1)NC(=S)Nc1ccc([N+](=O)[O-])cc1Br. The van der Waals surface area contributed by atoms with E-state index in [0.29, 0.717) is 22.5 Å². The molecule has 2 rings (SSSR count). The largest absolute Gasteiger partial charge is 0.331 e. The molecule has 0 aliphatic heterocycles. The van der Waals surface area contributed by atoms with Gasteiger partial charge in [0.1, 0.15) is 0 Å². The van der Waals surface area contributed by atoms with Crippen molar-refractivity contribution in [3.05, 3.63) is 32.8 Å². The summed E-state index contributed by atoms with van der Waals surface area (Å²) < 4.78 is 0.510. The first kappa shape index (κ1) is 18.8. The number of rotatable bonds is 5. The van der Waals surface area contributed by atoms with Gasteiger partial charge in [-0.1, -0.05) is 32.1 Å². The Morgan fingerprint density at radius 1 is 1.33 bits per heavy atom. The maximum Gasteiger partial charge on any atom is 0.270 e. The van der Waals surface area contributed by atoms with Crippen molar-refractivity contribution in [3.8, 4) is 0 Å². The highest BCUT2D eigenvalue weighted by atomic mass is 79.9. The number of thiocarbonyl (C=S) groups is 1. The first-order valence-electron chi connectivity index (χ1n) is 8.00. The van der Waals surface area contributed by atoms with Crippen molar-refractivity contribution in [1.29, 1.82) is 0 Å². The molecule has 0 radical (unpaired) electrons. The van der Waals surface area contributed by atoms with Crippen LogP contribution in [0.25, 0.3) is 0 Å². The number of amides is 1. The van der Waals surface area contributed by atoms with Crippen LogP contribution in [0.3, 0.4) is 0 Å². The number of carbonyl (C=O) groups is 1. The Labute approximate surface area is 154 Å². The molecule has 0 aromatic heterocycles. The fraction of sp³-hybridized carbons (Fsp3) is 0.500. The number of nitrogens with zero attached hydrogens (tertiary/aromatic N) is 1. The Kier molecular flexibility index (Phi) is 7.11. The number of nitro benzene ring substituents is 1. The second kappa shape index (κ2) is 9.08. The molecular formula is C16H20BrN3O3S. The maximum absolute atomic E-state index is 12.0. The van der Waals surface area contributed by atoms with Crippen LogP contribution in [0.1, 0.15) is 44.9 Å². The molecule has 130 valence electrons. The number of halogens is 1. The predicted octanol–water partition coefficient (Wildman–Crippen LogP) is 4.53. The molecule has 0 saturated heterocycles. The summed E-state index contributed by atoms with van der Waals surface area (Å²) in [6.07, 6.45) is 7.63. The molecule has 1 aromatic rings. The van der Waals surface area contributed by atoms with Gasteiger partial charge in [0.2, 0.25) is 5.91 Å². The van der Waals surface area contributed by atoms with Crippen LogP contribution in [-0.2, 0) is 4.79 Å². The van der Waals surface area contributed by atoms with Gasteiger partial charge in [0.05, 0.1) is 10.6 Å². The van der Waals surface area contributed by atoms with Crippen LogP contribution in [0.2, 0.25) is 0 Å². The lowest BCUT2D eigenvalue weighted by molar-refractivity contribution is -0.384. The number of nitrogens with one attached hydrogen (secondary N) is 2. The molecule has 1 aliphatic rings. The van der Waals surface area contributed by atoms with Crippen molar-refractivity contribution in [2.75, 3.05) is 5.32 Å². The average molecular weight is 414 g/mol. The highest BCUT2D eigenvalue weighted by molar-refractivity contribution is 9.10. The maximum atomic E-state index is 12.0. The molecular weight excluding hydrogens is 394 g/mol. The lowest BCUT2D eigenvalue weighted by Gasteiger charge is -2.21. The molecule has 8 heteroatoms. The molecule has 1 aromatic carbocycles. The van der Waals surface area contributed by atoms with E-state index in [2.05, 4.69) is 26.6 Å². The van der Waals surface area contributed by atoms with E-state index in [1.807, 2.05) is 0 Å². The summed E-state index contributed by atoms with van der Waals surface area (Å²) >= 11 is 8.38. The van der Waals surface area contributed by atoms with Crippen LogP contribution in [-0.4, -0.2) is 15.9 Å². The zero-order chi connectivity index (χ0) is 17.5. The van der Waals surface area contributed by atoms with Crippen molar-refractivity contribution in [2.45, 2.75) is 44.9 Å². The van der Waals surface area contributed by atoms with Crippen molar-refractivity contribution in [1.82, 2.24) is 5.32 Å². The van der Waals surface area contributed by atoms with E-state index < -0.39 is 4.92 Å². The summed E-state index contributed by atoms with van der Waals surface area (Å²) in [4.78, 5) is 22.2. The monoisotopic (exact) mass is 413 g/mol. The molecule has 1 aliphatic carbocycles. The van der Waals surface area contributed by atoms with E-state index in [-0.39, 0.29) is 16.7 Å². The van der Waals surface area contributed by atoms with Crippen LogP contribution in [0, 0.1) is 16.0 Å². The van der Waals surface area contributed by atoms with E-state index in [0.717, 1.165) is 6.42 Å². The van der Waals surface area contributed by atoms with Crippen molar-refractivity contribution < 1.29 is 9.72 Å². The quantitative estimate of drug-likeness (QED) is 0.420. The third-order valence-corrected chi connectivity index (χ3v) is 5.03. The first-order valence-corrected chi connectivity index (χ1v) is 9.20. The Balaban J connectivity index is 1.79. The molecule has 1 amide bonds. The number of hydrogen-bond acceptors (Lipinski definition) is 4. The third-order valence-electron chi connectivity index (χ3n) is 4.17. The van der Waals surface area contributed by atoms with Crippen molar-refractivity contribution in [2.24, 2.45) is 5.92 Å². The molecule has 0 unspecified atom stereocenters. The minimum Gasteiger partial charge on any atom is -0.331 e. The van der Waals surface area contributed by atoms with Crippen LogP contribution in [0.4, 0.5) is 11.4 Å². The lowest BCUT2D eigenvalue weighted by atomic mass is 9.86. The highest BCUT2D eigenvalue weighted by Gasteiger charge is 2.16. The van der Waals surface area contributed by atoms with Gasteiger partial charge < -0.3 is 10.6 Å². The first-order chi connectivity index (χ1) is 11.5. The van der Waals surface area contributed by atoms with Crippen LogP contribution < -0.4 is 10.6 Å². The van der Waals surface area contributed by atoms with E-state index in [1.165, 1.54) is 44.2 Å². The molecule has 6 nitrogen and oxygen atoms in total. The molecule has 0 bridgehead atoms. The van der Waals surface area contributed by atoms with Gasteiger partial charge >= 0.3 is 0 Å². The zero-order valence-electron chi connectivity index (χ0n) is 13.2. The van der Waals surface area contributed by atoms with Crippen LogP contribution in [0.5, 0.6) is 0 Å². The third kappa shape index (κ3) is 5.83. The molecule has 2 N–H and O–H groups in total. The number of hydrogen-bond donors (Lipinski definition) is 2. The number of nitro groups is 1. The molecule has 24 heavy (non-hydrogen) atoms. The van der Waals surface area contributed by atoms with Gasteiger partial charge in [-0.25, -0.2) is 0 Å². The summed E-state index contributed by atoms with van der Waals surface area (Å²) in [5.74, 6) is 0.547. The van der Waals surface area contributed by atoms with Gasteiger partial charge in [0, 0.05) is 23.0 Å². The number of benzene rings is 1. The Hall–Kier alpha value is -1.54. The molecule has 1 saturated carbocycles. The van der Waals surface area contributed by atoms with E-state index >= 15 is 0 Å². The van der Waals surface area contributed by atoms with Gasteiger partial charge in [0.15, 0.2) is 5.11 Å². The summed E-state index contributed by atoms with van der Waals surface area (Å²) in [6, 6.07) is 4.30. The second-order valence-corrected chi connectivity index (χ2v) is 7.23. The molecule has 0 spiro atoms. The summed E-state index contributed by atoms with van der Waals surface area (Å²) in [7, 11) is 0. The number of carbonyl (C=O) groups excluding carboxylic acids is 1. The average Bonchev–Trinajstić information content (AvgIpc) is 2.55. The minimum absolute atomic E-state index is 0.0186. The fourth-order valence-corrected chi connectivity index (χ4v) is 3.56. The van der Waals surface area contributed by atoms with Gasteiger partial charge in [-0.3, -0.25) is 14.9 Å². The summed E-state index contributed by atoms with van der Waals surface area (Å²) in [6.45, 7) is 0. The van der Waals surface area contributed by atoms with E-state index in [9.17, 15) is 14.9 Å². The number of anilines is 1. The summed E-state index contributed by atoms with van der Waals surface area (Å²) in [5, 5.41) is 16.4. The zero-order valence-corrected chi connectivity index (χ0v) is 15.6. The van der Waals surface area contributed by atoms with Gasteiger partial charge in [0.25, 0.3) is 5.69 Å². The van der Waals surface area contributed by atoms with Crippen LogP contribution in [0.15, 0.2) is 22.7 Å². The minimum atomic E-state index is -0.472. The topological polar surface area (TPSA) is 84.3 Å². The van der Waals surface area contributed by atoms with Gasteiger partial charge in [-0.2, -0.15) is 0 Å². The lowest BCUT2D eigenvalue weighted by Crippen LogP contribution is -2.34. The fourth-order valence-electron chi connectivity index (χ4n) is 2.87. The van der Waals surface area contributed by atoms with Crippen LogP contribution >= 0.6 is 28.1 Å². The molecule has 0 atom stereocenters. The molecule has 0 heterocycles. The van der Waals surface area contributed by atoms with E-state index in [1.54, 1.807) is 6.07 Å². The van der Waals surface area contributed by atoms with Gasteiger partial charge in [-0.05, 0) is 46.6 Å². The van der Waals surface area contributed by atoms with Crippen molar-refractivity contribution in [3.63, 3.8) is 0 Å². The predicted molar refractivity (Wildman–Crippen MR) is 101 cm³/mol. The second-order valence-electron chi connectivity index (χ2n) is 5.97. The van der Waals surface area contributed by atoms with Crippen molar-refractivity contribution >= 4 is 50.5 Å². The normalized spacial score (nSPS) is 14.9. The highest BCUT2D eigenvalue weighted by Crippen LogP contribution is 2.28. The van der Waals surface area contributed by atoms with E-state index in [4.69, 9.17) is 12.2 Å². The Morgan fingerprint density at radius 2 is 2.04 bits per heavy atom. The standard InChI is InChI=1S/C16H20BrN3O3S/c17-13-10-12(20(22)23)7-8-14(13)18-16(24)19-15(21)9-6-11-4-2-1-3-5-11/h7-8,10-11H,1-6,9H2,(H2,18,19,21,24). The summed E-state index contributed by atoms with van der Waals surface area (Å²) in [5.41, 5.74) is 0.549. The Morgan fingerprint density at radius 3 is 2.67 bits per heavy atom. The van der Waals surface area contributed by atoms with Gasteiger partial charge in [-0.15, -0.1) is 0 Å². The number of non-ortho nitro benzene ring substituents is 1.